The summed E-state index contributed by atoms with van der Waals surface area (Å²) in [6, 6.07) is 6.52. The van der Waals surface area contributed by atoms with Gasteiger partial charge in [0.1, 0.15) is 11.5 Å². The fourth-order valence-corrected chi connectivity index (χ4v) is 1.84. The third kappa shape index (κ3) is 3.95. The summed E-state index contributed by atoms with van der Waals surface area (Å²) < 4.78 is 43.7. The third-order valence-electron chi connectivity index (χ3n) is 2.84. The Labute approximate surface area is 120 Å². The number of alkyl halides is 3. The summed E-state index contributed by atoms with van der Waals surface area (Å²) in [5.41, 5.74) is 0.776. The lowest BCUT2D eigenvalue weighted by Gasteiger charge is -2.13. The van der Waals surface area contributed by atoms with Gasteiger partial charge in [-0.25, -0.2) is 0 Å². The molecule has 0 saturated heterocycles. The lowest BCUT2D eigenvalue weighted by atomic mass is 10.2. The van der Waals surface area contributed by atoms with Crippen LogP contribution in [0.15, 0.2) is 36.5 Å². The van der Waals surface area contributed by atoms with Crippen molar-refractivity contribution in [1.82, 2.24) is 10.3 Å². The SMILES string of the molecule is CNCc1cnc(C)cc1Oc1cccc(C(F)(F)F)c1. The van der Waals surface area contributed by atoms with Gasteiger partial charge in [-0.3, -0.25) is 4.98 Å². The highest BCUT2D eigenvalue weighted by atomic mass is 19.4. The van der Waals surface area contributed by atoms with E-state index in [1.54, 1.807) is 26.2 Å². The van der Waals surface area contributed by atoms with Crippen LogP contribution in [0.1, 0.15) is 16.8 Å². The summed E-state index contributed by atoms with van der Waals surface area (Å²) in [5, 5.41) is 2.97. The zero-order valence-corrected chi connectivity index (χ0v) is 11.7. The number of rotatable bonds is 4. The van der Waals surface area contributed by atoms with Crippen molar-refractivity contribution in [3.8, 4) is 11.5 Å². The molecule has 3 nitrogen and oxygen atoms in total. The van der Waals surface area contributed by atoms with Gasteiger partial charge in [0.05, 0.1) is 5.56 Å². The molecule has 2 rings (SSSR count). The van der Waals surface area contributed by atoms with Crippen LogP contribution in [0, 0.1) is 6.92 Å². The van der Waals surface area contributed by atoms with E-state index in [4.69, 9.17) is 4.74 Å². The number of halogens is 3. The van der Waals surface area contributed by atoms with E-state index >= 15 is 0 Å². The summed E-state index contributed by atoms with van der Waals surface area (Å²) in [5.74, 6) is 0.643. The first-order chi connectivity index (χ1) is 9.90. The molecule has 0 unspecified atom stereocenters. The van der Waals surface area contributed by atoms with Crippen molar-refractivity contribution >= 4 is 0 Å². The summed E-state index contributed by atoms with van der Waals surface area (Å²) >= 11 is 0. The second kappa shape index (κ2) is 6.13. The average Bonchev–Trinajstić information content (AvgIpc) is 2.41. The molecule has 1 heterocycles. The summed E-state index contributed by atoms with van der Waals surface area (Å²) in [6.07, 6.45) is -2.74. The molecule has 112 valence electrons. The second-order valence-electron chi connectivity index (χ2n) is 4.59. The van der Waals surface area contributed by atoms with Gasteiger partial charge in [0.2, 0.25) is 0 Å². The molecule has 0 aliphatic rings. The Morgan fingerprint density at radius 1 is 1.24 bits per heavy atom. The number of ether oxygens (including phenoxy) is 1. The van der Waals surface area contributed by atoms with Crippen LogP contribution in [0.25, 0.3) is 0 Å². The van der Waals surface area contributed by atoms with Crippen LogP contribution in [0.2, 0.25) is 0 Å². The minimum absolute atomic E-state index is 0.146. The zero-order chi connectivity index (χ0) is 15.5. The Morgan fingerprint density at radius 3 is 2.67 bits per heavy atom. The molecule has 1 aromatic carbocycles. The van der Waals surface area contributed by atoms with Crippen LogP contribution >= 0.6 is 0 Å². The highest BCUT2D eigenvalue weighted by Crippen LogP contribution is 2.33. The van der Waals surface area contributed by atoms with Crippen molar-refractivity contribution < 1.29 is 17.9 Å². The van der Waals surface area contributed by atoms with Crippen LogP contribution in [0.5, 0.6) is 11.5 Å². The first-order valence-corrected chi connectivity index (χ1v) is 6.35. The van der Waals surface area contributed by atoms with Crippen LogP contribution in [0.3, 0.4) is 0 Å². The van der Waals surface area contributed by atoms with E-state index in [0.717, 1.165) is 23.4 Å². The molecular weight excluding hydrogens is 281 g/mol. The molecule has 0 bridgehead atoms. The minimum Gasteiger partial charge on any atom is -0.457 e. The van der Waals surface area contributed by atoms with Crippen molar-refractivity contribution in [3.05, 3.63) is 53.3 Å². The Hall–Kier alpha value is -2.08. The fourth-order valence-electron chi connectivity index (χ4n) is 1.84. The molecule has 0 spiro atoms. The van der Waals surface area contributed by atoms with Crippen LogP contribution in [0.4, 0.5) is 13.2 Å². The molecule has 0 amide bonds. The summed E-state index contributed by atoms with van der Waals surface area (Å²) in [4.78, 5) is 4.16. The number of nitrogens with one attached hydrogen (secondary N) is 1. The third-order valence-corrected chi connectivity index (χ3v) is 2.84. The largest absolute Gasteiger partial charge is 0.457 e. The standard InChI is InChI=1S/C15H15F3N2O/c1-10-6-14(11(8-19-2)9-20-10)21-13-5-3-4-12(7-13)15(16,17)18/h3-7,9,19H,8H2,1-2H3. The number of hydrogen-bond acceptors (Lipinski definition) is 3. The lowest BCUT2D eigenvalue weighted by Crippen LogP contribution is -2.08. The number of hydrogen-bond donors (Lipinski definition) is 1. The van der Waals surface area contributed by atoms with Gasteiger partial charge in [0.15, 0.2) is 0 Å². The Kier molecular flexibility index (Phi) is 4.47. The van der Waals surface area contributed by atoms with Gasteiger partial charge in [0.25, 0.3) is 0 Å². The molecule has 0 fully saturated rings. The summed E-state index contributed by atoms with van der Waals surface area (Å²) in [6.45, 7) is 2.31. The monoisotopic (exact) mass is 296 g/mol. The van der Waals surface area contributed by atoms with E-state index in [-0.39, 0.29) is 5.75 Å². The van der Waals surface area contributed by atoms with E-state index < -0.39 is 11.7 Å². The van der Waals surface area contributed by atoms with Gasteiger partial charge in [-0.1, -0.05) is 6.07 Å². The van der Waals surface area contributed by atoms with Crippen molar-refractivity contribution in [2.45, 2.75) is 19.6 Å². The molecule has 6 heteroatoms. The van der Waals surface area contributed by atoms with Gasteiger partial charge in [-0.2, -0.15) is 13.2 Å². The maximum atomic E-state index is 12.7. The predicted molar refractivity (Wildman–Crippen MR) is 73.3 cm³/mol. The second-order valence-corrected chi connectivity index (χ2v) is 4.59. The number of benzene rings is 1. The highest BCUT2D eigenvalue weighted by molar-refractivity contribution is 5.39. The van der Waals surface area contributed by atoms with Crippen LogP contribution in [-0.2, 0) is 12.7 Å². The maximum absolute atomic E-state index is 12.7. The fraction of sp³-hybridized carbons (Fsp3) is 0.267. The molecule has 0 radical (unpaired) electrons. The Morgan fingerprint density at radius 2 is 2.00 bits per heavy atom. The van der Waals surface area contributed by atoms with Crippen molar-refractivity contribution in [2.24, 2.45) is 0 Å². The molecule has 0 atom stereocenters. The highest BCUT2D eigenvalue weighted by Gasteiger charge is 2.30. The Balaban J connectivity index is 2.32. The molecule has 21 heavy (non-hydrogen) atoms. The van der Waals surface area contributed by atoms with Gasteiger partial charge >= 0.3 is 6.18 Å². The smallest absolute Gasteiger partial charge is 0.416 e. The van der Waals surface area contributed by atoms with E-state index in [1.807, 2.05) is 0 Å². The van der Waals surface area contributed by atoms with Crippen molar-refractivity contribution in [1.29, 1.82) is 0 Å². The molecule has 0 saturated carbocycles. The van der Waals surface area contributed by atoms with Crippen molar-refractivity contribution in [2.75, 3.05) is 7.05 Å². The molecule has 1 N–H and O–H groups in total. The molecular formula is C15H15F3N2O. The quantitative estimate of drug-likeness (QED) is 0.928. The number of aryl methyl sites for hydroxylation is 1. The molecule has 1 aromatic heterocycles. The van der Waals surface area contributed by atoms with E-state index in [1.165, 1.54) is 12.1 Å². The lowest BCUT2D eigenvalue weighted by molar-refractivity contribution is -0.137. The number of pyridine rings is 1. The maximum Gasteiger partial charge on any atom is 0.416 e. The number of aromatic nitrogens is 1. The van der Waals surface area contributed by atoms with Crippen LogP contribution in [-0.4, -0.2) is 12.0 Å². The average molecular weight is 296 g/mol. The molecule has 2 aromatic rings. The zero-order valence-electron chi connectivity index (χ0n) is 11.7. The van der Waals surface area contributed by atoms with Crippen molar-refractivity contribution in [3.63, 3.8) is 0 Å². The minimum atomic E-state index is -4.39. The predicted octanol–water partition coefficient (Wildman–Crippen LogP) is 3.92. The summed E-state index contributed by atoms with van der Waals surface area (Å²) in [7, 11) is 1.77. The van der Waals surface area contributed by atoms with Gasteiger partial charge in [-0.05, 0) is 32.2 Å². The van der Waals surface area contributed by atoms with Gasteiger partial charge in [-0.15, -0.1) is 0 Å². The first kappa shape index (κ1) is 15.3. The van der Waals surface area contributed by atoms with Gasteiger partial charge in [0, 0.05) is 30.1 Å². The molecule has 0 aliphatic carbocycles. The van der Waals surface area contributed by atoms with Crippen LogP contribution < -0.4 is 10.1 Å². The van der Waals surface area contributed by atoms with E-state index in [0.29, 0.717) is 12.3 Å². The van der Waals surface area contributed by atoms with Gasteiger partial charge < -0.3 is 10.1 Å². The Bertz CT molecular complexity index is 627. The molecule has 0 aliphatic heterocycles. The van der Waals surface area contributed by atoms with E-state index in [2.05, 4.69) is 10.3 Å². The number of nitrogens with zero attached hydrogens (tertiary/aromatic N) is 1. The first-order valence-electron chi connectivity index (χ1n) is 6.35. The topological polar surface area (TPSA) is 34.2 Å². The normalized spacial score (nSPS) is 11.5. The van der Waals surface area contributed by atoms with E-state index in [9.17, 15) is 13.2 Å².